The second-order valence-corrected chi connectivity index (χ2v) is 6.07. The first kappa shape index (κ1) is 15.4. The number of rotatable bonds is 4. The summed E-state index contributed by atoms with van der Waals surface area (Å²) in [5.41, 5.74) is 3.48. The van der Waals surface area contributed by atoms with E-state index in [1.807, 2.05) is 35.0 Å². The summed E-state index contributed by atoms with van der Waals surface area (Å²) in [7, 11) is 0. The third-order valence-electron chi connectivity index (χ3n) is 4.49. The second-order valence-electron chi connectivity index (χ2n) is 6.07. The van der Waals surface area contributed by atoms with Crippen molar-refractivity contribution in [2.24, 2.45) is 0 Å². The quantitative estimate of drug-likeness (QED) is 0.771. The van der Waals surface area contributed by atoms with E-state index < -0.39 is 0 Å². The number of pyridine rings is 1. The molecule has 1 atom stereocenters. The number of aryl methyl sites for hydroxylation is 1. The molecule has 6 heteroatoms. The van der Waals surface area contributed by atoms with Gasteiger partial charge in [0.1, 0.15) is 12.1 Å². The minimum absolute atomic E-state index is 0.0817. The van der Waals surface area contributed by atoms with E-state index in [0.29, 0.717) is 6.54 Å². The van der Waals surface area contributed by atoms with E-state index in [-0.39, 0.29) is 12.1 Å². The second kappa shape index (κ2) is 6.76. The minimum atomic E-state index is -0.165. The van der Waals surface area contributed by atoms with Crippen molar-refractivity contribution in [1.82, 2.24) is 25.2 Å². The van der Waals surface area contributed by atoms with Gasteiger partial charge >= 0.3 is 6.03 Å². The Kier molecular flexibility index (Phi) is 4.16. The van der Waals surface area contributed by atoms with E-state index in [0.717, 1.165) is 24.2 Å². The van der Waals surface area contributed by atoms with Crippen LogP contribution in [0.25, 0.3) is 5.82 Å². The molecule has 0 fully saturated rings. The van der Waals surface area contributed by atoms with Crippen LogP contribution in [0.4, 0.5) is 4.79 Å². The predicted octanol–water partition coefficient (Wildman–Crippen LogP) is 2.75. The van der Waals surface area contributed by atoms with Gasteiger partial charge in [0.25, 0.3) is 0 Å². The van der Waals surface area contributed by atoms with Gasteiger partial charge in [-0.25, -0.2) is 14.8 Å². The largest absolute Gasteiger partial charge is 0.334 e. The molecular formula is C19H19N5O. The Bertz CT molecular complexity index is 875. The molecule has 0 spiro atoms. The molecule has 0 saturated heterocycles. The first-order chi connectivity index (χ1) is 12.3. The minimum Gasteiger partial charge on any atom is -0.334 e. The van der Waals surface area contributed by atoms with Crippen LogP contribution < -0.4 is 10.6 Å². The third-order valence-corrected chi connectivity index (χ3v) is 4.49. The molecule has 3 aromatic rings. The Hall–Kier alpha value is -3.15. The number of nitrogens with one attached hydrogen (secondary N) is 2. The molecule has 2 heterocycles. The van der Waals surface area contributed by atoms with Gasteiger partial charge in [-0.3, -0.25) is 4.57 Å². The van der Waals surface area contributed by atoms with E-state index >= 15 is 0 Å². The van der Waals surface area contributed by atoms with Crippen molar-refractivity contribution >= 4 is 6.03 Å². The highest BCUT2D eigenvalue weighted by Gasteiger charge is 2.23. The van der Waals surface area contributed by atoms with Gasteiger partial charge in [-0.1, -0.05) is 30.3 Å². The molecule has 2 aromatic heterocycles. The zero-order valence-electron chi connectivity index (χ0n) is 13.7. The molecule has 0 aliphatic heterocycles. The molecule has 4 rings (SSSR count). The maximum atomic E-state index is 12.3. The summed E-state index contributed by atoms with van der Waals surface area (Å²) < 4.78 is 1.84. The summed E-state index contributed by atoms with van der Waals surface area (Å²) in [5, 5.41) is 6.01. The molecule has 0 unspecified atom stereocenters. The summed E-state index contributed by atoms with van der Waals surface area (Å²) in [6.07, 6.45) is 8.92. The summed E-state index contributed by atoms with van der Waals surface area (Å²) in [5.74, 6) is 0.770. The number of fused-ring (bicyclic) bond motifs is 1. The molecule has 1 aliphatic rings. The molecule has 0 saturated carbocycles. The Morgan fingerprint density at radius 3 is 3.00 bits per heavy atom. The summed E-state index contributed by atoms with van der Waals surface area (Å²) in [4.78, 5) is 20.7. The molecule has 2 N–H and O–H groups in total. The monoisotopic (exact) mass is 333 g/mol. The highest BCUT2D eigenvalue weighted by atomic mass is 16.2. The van der Waals surface area contributed by atoms with Crippen molar-refractivity contribution in [3.05, 3.63) is 78.0 Å². The maximum Gasteiger partial charge on any atom is 0.315 e. The molecular weight excluding hydrogens is 314 g/mol. The van der Waals surface area contributed by atoms with Crippen LogP contribution in [0.15, 0.2) is 61.3 Å². The van der Waals surface area contributed by atoms with Crippen LogP contribution >= 0.6 is 0 Å². The lowest BCUT2D eigenvalue weighted by Crippen LogP contribution is -2.37. The van der Waals surface area contributed by atoms with Crippen LogP contribution in [0, 0.1) is 0 Å². The smallest absolute Gasteiger partial charge is 0.315 e. The Balaban J connectivity index is 1.41. The number of carbonyl (C=O) groups excluding carboxylic acids is 1. The summed E-state index contributed by atoms with van der Waals surface area (Å²) in [6, 6.07) is 12.0. The van der Waals surface area contributed by atoms with Crippen LogP contribution in [-0.2, 0) is 13.0 Å². The van der Waals surface area contributed by atoms with Gasteiger partial charge in [0.2, 0.25) is 0 Å². The van der Waals surface area contributed by atoms with Crippen molar-refractivity contribution in [3.63, 3.8) is 0 Å². The lowest BCUT2D eigenvalue weighted by atomic mass is 10.1. The standard InChI is InChI=1S/C19H19N5O/c25-19(23-17-8-7-14-4-1-2-6-16(14)17)22-12-15-5-3-9-21-18(15)24-11-10-20-13-24/h1-6,9-11,13,17H,7-8,12H2,(H2,22,23,25)/t17-/m1/s1. The van der Waals surface area contributed by atoms with Crippen LogP contribution in [-0.4, -0.2) is 20.6 Å². The SMILES string of the molecule is O=C(NCc1cccnc1-n1ccnc1)N[C@@H]1CCc2ccccc21. The van der Waals surface area contributed by atoms with Gasteiger partial charge in [0, 0.05) is 30.7 Å². The molecule has 1 aliphatic carbocycles. The molecule has 25 heavy (non-hydrogen) atoms. The lowest BCUT2D eigenvalue weighted by molar-refractivity contribution is 0.236. The van der Waals surface area contributed by atoms with Crippen LogP contribution in [0.3, 0.4) is 0 Å². The van der Waals surface area contributed by atoms with E-state index in [9.17, 15) is 4.79 Å². The number of urea groups is 1. The van der Waals surface area contributed by atoms with Gasteiger partial charge in [-0.2, -0.15) is 0 Å². The topological polar surface area (TPSA) is 71.8 Å². The zero-order valence-corrected chi connectivity index (χ0v) is 13.7. The predicted molar refractivity (Wildman–Crippen MR) is 94.2 cm³/mol. The van der Waals surface area contributed by atoms with Crippen LogP contribution in [0.2, 0.25) is 0 Å². The molecule has 1 aromatic carbocycles. The van der Waals surface area contributed by atoms with Gasteiger partial charge in [0.15, 0.2) is 0 Å². The first-order valence-corrected chi connectivity index (χ1v) is 8.35. The van der Waals surface area contributed by atoms with Gasteiger partial charge in [-0.05, 0) is 30.0 Å². The first-order valence-electron chi connectivity index (χ1n) is 8.35. The highest BCUT2D eigenvalue weighted by Crippen LogP contribution is 2.30. The maximum absolute atomic E-state index is 12.3. The van der Waals surface area contributed by atoms with Crippen LogP contribution in [0.1, 0.15) is 29.2 Å². The molecule has 0 bridgehead atoms. The number of amides is 2. The fourth-order valence-corrected chi connectivity index (χ4v) is 3.28. The Labute approximate surface area is 145 Å². The number of nitrogens with zero attached hydrogens (tertiary/aromatic N) is 3. The van der Waals surface area contributed by atoms with Crippen molar-refractivity contribution in [2.45, 2.75) is 25.4 Å². The molecule has 126 valence electrons. The fourth-order valence-electron chi connectivity index (χ4n) is 3.28. The lowest BCUT2D eigenvalue weighted by Gasteiger charge is -2.15. The van der Waals surface area contributed by atoms with E-state index in [1.165, 1.54) is 11.1 Å². The number of benzene rings is 1. The van der Waals surface area contributed by atoms with Gasteiger partial charge < -0.3 is 10.6 Å². The molecule has 6 nitrogen and oxygen atoms in total. The zero-order chi connectivity index (χ0) is 17.1. The Morgan fingerprint density at radius 1 is 1.20 bits per heavy atom. The van der Waals surface area contributed by atoms with Gasteiger partial charge in [-0.15, -0.1) is 0 Å². The molecule has 0 radical (unpaired) electrons. The summed E-state index contributed by atoms with van der Waals surface area (Å²) >= 11 is 0. The Morgan fingerprint density at radius 2 is 2.12 bits per heavy atom. The number of aromatic nitrogens is 3. The average molecular weight is 333 g/mol. The van der Waals surface area contributed by atoms with Crippen molar-refractivity contribution in [2.75, 3.05) is 0 Å². The van der Waals surface area contributed by atoms with E-state index in [4.69, 9.17) is 0 Å². The normalized spacial score (nSPS) is 15.6. The van der Waals surface area contributed by atoms with E-state index in [2.05, 4.69) is 32.7 Å². The average Bonchev–Trinajstić information content (AvgIpc) is 3.31. The van der Waals surface area contributed by atoms with Crippen molar-refractivity contribution in [1.29, 1.82) is 0 Å². The van der Waals surface area contributed by atoms with Crippen molar-refractivity contribution in [3.8, 4) is 5.82 Å². The van der Waals surface area contributed by atoms with Crippen LogP contribution in [0.5, 0.6) is 0 Å². The van der Waals surface area contributed by atoms with Gasteiger partial charge in [0.05, 0.1) is 6.04 Å². The number of imidazole rings is 1. The number of hydrogen-bond donors (Lipinski definition) is 2. The highest BCUT2D eigenvalue weighted by molar-refractivity contribution is 5.74. The number of carbonyl (C=O) groups is 1. The van der Waals surface area contributed by atoms with E-state index in [1.54, 1.807) is 18.7 Å². The van der Waals surface area contributed by atoms with Crippen molar-refractivity contribution < 1.29 is 4.79 Å². The fraction of sp³-hybridized carbons (Fsp3) is 0.211. The third kappa shape index (κ3) is 3.24. The molecule has 2 amide bonds. The number of hydrogen-bond acceptors (Lipinski definition) is 3. The summed E-state index contributed by atoms with van der Waals surface area (Å²) in [6.45, 7) is 0.404.